The molecule has 1 aliphatic rings. The van der Waals surface area contributed by atoms with Crippen molar-refractivity contribution in [2.45, 2.75) is 26.4 Å². The van der Waals surface area contributed by atoms with Crippen molar-refractivity contribution in [3.05, 3.63) is 58.5 Å². The fourth-order valence-electron chi connectivity index (χ4n) is 3.36. The summed E-state index contributed by atoms with van der Waals surface area (Å²) in [6.07, 6.45) is 8.77. The number of benzene rings is 1. The van der Waals surface area contributed by atoms with Crippen LogP contribution in [0.15, 0.2) is 51.9 Å². The molecule has 0 saturated carbocycles. The Morgan fingerprint density at radius 2 is 2.20 bits per heavy atom. The van der Waals surface area contributed by atoms with Gasteiger partial charge in [-0.1, -0.05) is 18.2 Å². The number of allylic oxidation sites excluding steroid dienone is 3. The zero-order valence-electron chi connectivity index (χ0n) is 17.2. The van der Waals surface area contributed by atoms with Crippen LogP contribution in [-0.2, 0) is 17.8 Å². The first-order valence-electron chi connectivity index (χ1n) is 9.67. The van der Waals surface area contributed by atoms with Crippen LogP contribution in [0.5, 0.6) is 5.75 Å². The van der Waals surface area contributed by atoms with Gasteiger partial charge in [-0.3, -0.25) is 4.68 Å². The van der Waals surface area contributed by atoms with E-state index in [-0.39, 0.29) is 0 Å². The molecule has 1 atom stereocenters. The highest BCUT2D eigenvalue weighted by Crippen LogP contribution is 2.36. The van der Waals surface area contributed by atoms with Gasteiger partial charge in [0.15, 0.2) is 11.4 Å². The molecule has 1 unspecified atom stereocenters. The second-order valence-electron chi connectivity index (χ2n) is 7.18. The van der Waals surface area contributed by atoms with Gasteiger partial charge in [0.05, 0.1) is 32.3 Å². The lowest BCUT2D eigenvalue weighted by Crippen LogP contribution is -2.04. The Morgan fingerprint density at radius 1 is 1.33 bits per heavy atom. The maximum absolute atomic E-state index is 5.67. The van der Waals surface area contributed by atoms with E-state index < -0.39 is 0 Å². The number of hydrogen-bond acceptors (Lipinski definition) is 8. The predicted octanol–water partition coefficient (Wildman–Crippen LogP) is 4.05. The standard InChI is InChI=1S/C21H25N5O3S/c1-13-4-5-17(27-2)20(6-13)30-25-21-16-8-18(28-3)15(7-19(16)29-24-21)12-26-11-14(9-22)10-23-26/h4-5,7-8,10-11,13H,6,9,12,22H2,1-3H3,(H,24,25). The van der Waals surface area contributed by atoms with E-state index in [9.17, 15) is 0 Å². The van der Waals surface area contributed by atoms with E-state index in [4.69, 9.17) is 19.7 Å². The average Bonchev–Trinajstić information content (AvgIpc) is 3.38. The Morgan fingerprint density at radius 3 is 2.93 bits per heavy atom. The molecule has 158 valence electrons. The van der Waals surface area contributed by atoms with Gasteiger partial charge in [-0.05, 0) is 42.5 Å². The van der Waals surface area contributed by atoms with Crippen LogP contribution < -0.4 is 15.2 Å². The van der Waals surface area contributed by atoms with E-state index in [1.54, 1.807) is 20.4 Å². The third-order valence-electron chi connectivity index (χ3n) is 4.98. The number of hydrogen-bond donors (Lipinski definition) is 2. The van der Waals surface area contributed by atoms with E-state index >= 15 is 0 Å². The van der Waals surface area contributed by atoms with Gasteiger partial charge in [-0.2, -0.15) is 5.10 Å². The highest BCUT2D eigenvalue weighted by atomic mass is 32.2. The first-order valence-corrected chi connectivity index (χ1v) is 10.5. The number of fused-ring (bicyclic) bond motifs is 1. The summed E-state index contributed by atoms with van der Waals surface area (Å²) < 4.78 is 21.8. The molecule has 9 heteroatoms. The highest BCUT2D eigenvalue weighted by Gasteiger charge is 2.18. The third kappa shape index (κ3) is 4.17. The van der Waals surface area contributed by atoms with Gasteiger partial charge in [0, 0.05) is 28.8 Å². The Bertz CT molecular complexity index is 1100. The van der Waals surface area contributed by atoms with E-state index in [2.05, 4.69) is 28.0 Å². The molecule has 4 rings (SSSR count). The van der Waals surface area contributed by atoms with Crippen molar-refractivity contribution in [2.75, 3.05) is 18.9 Å². The maximum atomic E-state index is 5.67. The van der Waals surface area contributed by atoms with Crippen LogP contribution in [0.25, 0.3) is 11.0 Å². The van der Waals surface area contributed by atoms with Gasteiger partial charge in [-0.15, -0.1) is 0 Å². The van der Waals surface area contributed by atoms with Crippen molar-refractivity contribution < 1.29 is 14.0 Å². The van der Waals surface area contributed by atoms with Crippen LogP contribution in [0, 0.1) is 5.92 Å². The number of rotatable bonds is 8. The summed E-state index contributed by atoms with van der Waals surface area (Å²) in [5.41, 5.74) is 8.28. The molecule has 0 saturated heterocycles. The molecule has 2 aromatic heterocycles. The molecule has 0 aliphatic heterocycles. The van der Waals surface area contributed by atoms with Gasteiger partial charge >= 0.3 is 0 Å². The van der Waals surface area contributed by atoms with Gasteiger partial charge in [0.25, 0.3) is 0 Å². The van der Waals surface area contributed by atoms with Crippen molar-refractivity contribution in [1.29, 1.82) is 0 Å². The molecule has 2 heterocycles. The lowest BCUT2D eigenvalue weighted by atomic mass is 10.0. The summed E-state index contributed by atoms with van der Waals surface area (Å²) in [5, 5.41) is 9.40. The fourth-order valence-corrected chi connectivity index (χ4v) is 4.32. The first kappa shape index (κ1) is 20.4. The number of nitrogens with two attached hydrogens (primary N) is 1. The largest absolute Gasteiger partial charge is 0.496 e. The minimum atomic E-state index is 0.459. The monoisotopic (exact) mass is 427 g/mol. The smallest absolute Gasteiger partial charge is 0.187 e. The molecular formula is C21H25N5O3S. The Hall–Kier alpha value is -2.91. The second kappa shape index (κ2) is 8.85. The zero-order valence-corrected chi connectivity index (χ0v) is 18.0. The van der Waals surface area contributed by atoms with E-state index in [1.165, 1.54) is 11.9 Å². The third-order valence-corrected chi connectivity index (χ3v) is 5.89. The van der Waals surface area contributed by atoms with Crippen molar-refractivity contribution >= 4 is 28.7 Å². The number of anilines is 1. The maximum Gasteiger partial charge on any atom is 0.187 e. The molecule has 0 fully saturated rings. The second-order valence-corrected chi connectivity index (χ2v) is 8.08. The predicted molar refractivity (Wildman–Crippen MR) is 118 cm³/mol. The number of nitrogens with one attached hydrogen (secondary N) is 1. The first-order chi connectivity index (χ1) is 14.6. The molecule has 0 amide bonds. The molecule has 1 aromatic carbocycles. The van der Waals surface area contributed by atoms with E-state index in [0.29, 0.717) is 30.4 Å². The quantitative estimate of drug-likeness (QED) is 0.519. The van der Waals surface area contributed by atoms with Crippen molar-refractivity contribution in [3.8, 4) is 5.75 Å². The van der Waals surface area contributed by atoms with Gasteiger partial charge < -0.3 is 24.5 Å². The summed E-state index contributed by atoms with van der Waals surface area (Å²) in [6, 6.07) is 3.87. The fraction of sp³-hybridized carbons (Fsp3) is 0.333. The van der Waals surface area contributed by atoms with Crippen LogP contribution >= 0.6 is 11.9 Å². The van der Waals surface area contributed by atoms with Crippen LogP contribution in [0.3, 0.4) is 0 Å². The lowest BCUT2D eigenvalue weighted by Gasteiger charge is -2.18. The number of methoxy groups -OCH3 is 2. The Kier molecular flexibility index (Phi) is 6.01. The van der Waals surface area contributed by atoms with Crippen molar-refractivity contribution in [2.24, 2.45) is 11.7 Å². The molecular weight excluding hydrogens is 402 g/mol. The molecule has 3 N–H and O–H groups in total. The Balaban J connectivity index is 1.57. The minimum absolute atomic E-state index is 0.459. The summed E-state index contributed by atoms with van der Waals surface area (Å²) in [4.78, 5) is 1.13. The number of nitrogens with zero attached hydrogens (tertiary/aromatic N) is 3. The van der Waals surface area contributed by atoms with Gasteiger partial charge in [0.1, 0.15) is 11.5 Å². The van der Waals surface area contributed by atoms with Crippen LogP contribution in [0.2, 0.25) is 0 Å². The summed E-state index contributed by atoms with van der Waals surface area (Å²) >= 11 is 1.50. The van der Waals surface area contributed by atoms with Crippen LogP contribution in [-0.4, -0.2) is 29.2 Å². The topological polar surface area (TPSA) is 100 Å². The molecule has 0 radical (unpaired) electrons. The van der Waals surface area contributed by atoms with Gasteiger partial charge in [0.2, 0.25) is 0 Å². The van der Waals surface area contributed by atoms with E-state index in [0.717, 1.165) is 39.3 Å². The summed E-state index contributed by atoms with van der Waals surface area (Å²) in [6.45, 7) is 3.18. The molecule has 0 spiro atoms. The summed E-state index contributed by atoms with van der Waals surface area (Å²) in [7, 11) is 3.34. The van der Waals surface area contributed by atoms with Gasteiger partial charge in [-0.25, -0.2) is 0 Å². The number of aromatic nitrogens is 3. The highest BCUT2D eigenvalue weighted by molar-refractivity contribution is 8.04. The minimum Gasteiger partial charge on any atom is -0.496 e. The molecule has 30 heavy (non-hydrogen) atoms. The van der Waals surface area contributed by atoms with Crippen LogP contribution in [0.4, 0.5) is 5.82 Å². The normalized spacial score (nSPS) is 16.3. The van der Waals surface area contributed by atoms with Crippen molar-refractivity contribution in [3.63, 3.8) is 0 Å². The molecule has 0 bridgehead atoms. The SMILES string of the molecule is COC1=C(SNc2noc3cc(Cn4cc(CN)cn4)c(OC)cc23)CC(C)C=C1. The molecule has 1 aliphatic carbocycles. The lowest BCUT2D eigenvalue weighted by molar-refractivity contribution is 0.300. The zero-order chi connectivity index (χ0) is 21.1. The molecule has 8 nitrogen and oxygen atoms in total. The number of ether oxygens (including phenoxy) is 2. The Labute approximate surface area is 179 Å². The average molecular weight is 428 g/mol. The summed E-state index contributed by atoms with van der Waals surface area (Å²) in [5.74, 6) is 2.73. The van der Waals surface area contributed by atoms with Crippen molar-refractivity contribution in [1.82, 2.24) is 14.9 Å². The van der Waals surface area contributed by atoms with Crippen LogP contribution in [0.1, 0.15) is 24.5 Å². The molecule has 3 aromatic rings. The van der Waals surface area contributed by atoms with E-state index in [1.807, 2.05) is 29.1 Å².